The third-order valence-electron chi connectivity index (χ3n) is 2.36. The molecule has 0 unspecified atom stereocenters. The number of hydroxylamine groups is 2. The van der Waals surface area contributed by atoms with Crippen LogP contribution >= 0.6 is 11.8 Å². The van der Waals surface area contributed by atoms with Crippen LogP contribution in [-0.4, -0.2) is 35.6 Å². The minimum absolute atomic E-state index is 0.0570. The summed E-state index contributed by atoms with van der Waals surface area (Å²) in [4.78, 5) is 16.9. The fourth-order valence-electron chi connectivity index (χ4n) is 1.28. The second-order valence-corrected chi connectivity index (χ2v) is 4.46. The van der Waals surface area contributed by atoms with E-state index in [-0.39, 0.29) is 17.1 Å². The van der Waals surface area contributed by atoms with Crippen molar-refractivity contribution in [3.05, 3.63) is 0 Å². The first-order valence-corrected chi connectivity index (χ1v) is 5.67. The van der Waals surface area contributed by atoms with E-state index in [0.29, 0.717) is 6.61 Å². The van der Waals surface area contributed by atoms with Crippen LogP contribution in [0, 0.1) is 5.92 Å². The van der Waals surface area contributed by atoms with Crippen LogP contribution in [0.4, 0.5) is 0 Å². The van der Waals surface area contributed by atoms with Crippen LogP contribution in [0.1, 0.15) is 20.3 Å². The topological polar surface area (TPSA) is 29.5 Å². The molecular formula is C9H17NO2S. The summed E-state index contributed by atoms with van der Waals surface area (Å²) in [6.45, 7) is 4.66. The van der Waals surface area contributed by atoms with Crippen molar-refractivity contribution >= 4 is 16.9 Å². The lowest BCUT2D eigenvalue weighted by molar-refractivity contribution is -0.114. The Morgan fingerprint density at radius 1 is 1.69 bits per heavy atom. The molecule has 0 spiro atoms. The molecule has 2 atom stereocenters. The summed E-state index contributed by atoms with van der Waals surface area (Å²) < 4.78 is 0. The van der Waals surface area contributed by atoms with Crippen LogP contribution in [0.2, 0.25) is 0 Å². The number of rotatable bonds is 3. The Labute approximate surface area is 83.8 Å². The molecule has 1 rings (SSSR count). The zero-order chi connectivity index (χ0) is 9.84. The highest BCUT2D eigenvalue weighted by Crippen LogP contribution is 2.24. The van der Waals surface area contributed by atoms with Gasteiger partial charge in [0.1, 0.15) is 0 Å². The number of hydrogen-bond acceptors (Lipinski definition) is 4. The number of thioether (sulfide) groups is 1. The fraction of sp³-hybridized carbons (Fsp3) is 0.889. The molecule has 0 radical (unpaired) electrons. The molecule has 0 N–H and O–H groups in total. The van der Waals surface area contributed by atoms with Gasteiger partial charge in [-0.2, -0.15) is 5.06 Å². The van der Waals surface area contributed by atoms with Gasteiger partial charge in [0.05, 0.1) is 12.5 Å². The molecule has 0 amide bonds. The van der Waals surface area contributed by atoms with E-state index in [9.17, 15) is 4.79 Å². The maximum absolute atomic E-state index is 11.6. The molecule has 3 nitrogen and oxygen atoms in total. The van der Waals surface area contributed by atoms with Crippen molar-refractivity contribution in [3.8, 4) is 0 Å². The quantitative estimate of drug-likeness (QED) is 0.696. The van der Waals surface area contributed by atoms with Gasteiger partial charge in [-0.15, -0.1) is 0 Å². The van der Waals surface area contributed by atoms with Crippen molar-refractivity contribution < 1.29 is 9.63 Å². The average Bonchev–Trinajstić information content (AvgIpc) is 2.44. The number of nitrogens with zero attached hydrogens (tertiary/aromatic N) is 1. The van der Waals surface area contributed by atoms with E-state index in [0.717, 1.165) is 12.2 Å². The minimum Gasteiger partial charge on any atom is -0.298 e. The molecule has 4 heteroatoms. The van der Waals surface area contributed by atoms with Gasteiger partial charge in [0.25, 0.3) is 0 Å². The molecule has 0 aromatic carbocycles. The van der Waals surface area contributed by atoms with Gasteiger partial charge in [0.15, 0.2) is 5.12 Å². The lowest BCUT2D eigenvalue weighted by Gasteiger charge is -2.15. The van der Waals surface area contributed by atoms with Crippen LogP contribution in [0.5, 0.6) is 0 Å². The zero-order valence-corrected chi connectivity index (χ0v) is 9.26. The molecule has 1 fully saturated rings. The SMILES string of the molecule is CCCSC(=O)[C@H]1CON(C)[C@@H]1C. The van der Waals surface area contributed by atoms with Crippen molar-refractivity contribution in [1.29, 1.82) is 0 Å². The molecule has 76 valence electrons. The lowest BCUT2D eigenvalue weighted by atomic mass is 10.1. The Kier molecular flexibility index (Phi) is 4.22. The van der Waals surface area contributed by atoms with Crippen molar-refractivity contribution in [2.75, 3.05) is 19.4 Å². The smallest absolute Gasteiger partial charge is 0.196 e. The molecule has 1 aliphatic rings. The van der Waals surface area contributed by atoms with Crippen LogP contribution in [0.15, 0.2) is 0 Å². The predicted octanol–water partition coefficient (Wildman–Crippen LogP) is 1.54. The van der Waals surface area contributed by atoms with Crippen LogP contribution in [-0.2, 0) is 9.63 Å². The maximum atomic E-state index is 11.6. The number of carbonyl (C=O) groups excluding carboxylic acids is 1. The maximum Gasteiger partial charge on any atom is 0.196 e. The molecule has 13 heavy (non-hydrogen) atoms. The summed E-state index contributed by atoms with van der Waals surface area (Å²) in [5.41, 5.74) is 0. The van der Waals surface area contributed by atoms with E-state index in [1.54, 1.807) is 5.06 Å². The highest BCUT2D eigenvalue weighted by Gasteiger charge is 2.34. The first-order valence-electron chi connectivity index (χ1n) is 4.69. The Morgan fingerprint density at radius 2 is 2.38 bits per heavy atom. The first-order chi connectivity index (χ1) is 6.16. The molecular weight excluding hydrogens is 186 g/mol. The van der Waals surface area contributed by atoms with Crippen molar-refractivity contribution in [1.82, 2.24) is 5.06 Å². The van der Waals surface area contributed by atoms with Gasteiger partial charge >= 0.3 is 0 Å². The third-order valence-corrected chi connectivity index (χ3v) is 3.56. The summed E-state index contributed by atoms with van der Waals surface area (Å²) in [5.74, 6) is 0.979. The predicted molar refractivity (Wildman–Crippen MR) is 54.4 cm³/mol. The van der Waals surface area contributed by atoms with Crippen molar-refractivity contribution in [2.24, 2.45) is 5.92 Å². The normalized spacial score (nSPS) is 29.5. The van der Waals surface area contributed by atoms with E-state index < -0.39 is 0 Å². The van der Waals surface area contributed by atoms with Gasteiger partial charge in [-0.3, -0.25) is 9.63 Å². The van der Waals surface area contributed by atoms with Crippen LogP contribution in [0.3, 0.4) is 0 Å². The second kappa shape index (κ2) is 4.98. The standard InChI is InChI=1S/C9H17NO2S/c1-4-5-13-9(11)8-6-12-10(3)7(8)2/h7-8H,4-6H2,1-3H3/t7-,8+/m1/s1. The molecule has 0 bridgehead atoms. The fourth-order valence-corrected chi connectivity index (χ4v) is 2.17. The molecule has 0 aromatic rings. The highest BCUT2D eigenvalue weighted by molar-refractivity contribution is 8.13. The molecule has 1 aliphatic heterocycles. The molecule has 0 aromatic heterocycles. The lowest BCUT2D eigenvalue weighted by Crippen LogP contribution is -2.29. The molecule has 1 saturated heterocycles. The highest BCUT2D eigenvalue weighted by atomic mass is 32.2. The number of hydrogen-bond donors (Lipinski definition) is 0. The average molecular weight is 203 g/mol. The minimum atomic E-state index is 0.0570. The van der Waals surface area contributed by atoms with E-state index >= 15 is 0 Å². The van der Waals surface area contributed by atoms with Crippen molar-refractivity contribution in [3.63, 3.8) is 0 Å². The van der Waals surface area contributed by atoms with E-state index in [2.05, 4.69) is 6.92 Å². The van der Waals surface area contributed by atoms with E-state index in [4.69, 9.17) is 4.84 Å². The first kappa shape index (κ1) is 11.0. The molecule has 0 saturated carbocycles. The summed E-state index contributed by atoms with van der Waals surface area (Å²) in [5, 5.41) is 2.05. The van der Waals surface area contributed by atoms with Crippen LogP contribution in [0.25, 0.3) is 0 Å². The molecule has 1 heterocycles. The van der Waals surface area contributed by atoms with Crippen LogP contribution < -0.4 is 0 Å². The van der Waals surface area contributed by atoms with Gasteiger partial charge in [0, 0.05) is 18.8 Å². The van der Waals surface area contributed by atoms with Gasteiger partial charge in [-0.25, -0.2) is 0 Å². The Hall–Kier alpha value is -0.0600. The zero-order valence-electron chi connectivity index (χ0n) is 8.45. The largest absolute Gasteiger partial charge is 0.298 e. The van der Waals surface area contributed by atoms with Gasteiger partial charge in [-0.05, 0) is 13.3 Å². The summed E-state index contributed by atoms with van der Waals surface area (Å²) >= 11 is 1.43. The summed E-state index contributed by atoms with van der Waals surface area (Å²) in [6, 6.07) is 0.219. The van der Waals surface area contributed by atoms with Gasteiger partial charge in [0.2, 0.25) is 0 Å². The molecule has 0 aliphatic carbocycles. The summed E-state index contributed by atoms with van der Waals surface area (Å²) in [7, 11) is 1.88. The Morgan fingerprint density at radius 3 is 2.85 bits per heavy atom. The van der Waals surface area contributed by atoms with E-state index in [1.807, 2.05) is 14.0 Å². The third kappa shape index (κ3) is 2.69. The second-order valence-electron chi connectivity index (χ2n) is 3.36. The Balaban J connectivity index is 2.39. The Bertz CT molecular complexity index is 186. The van der Waals surface area contributed by atoms with Gasteiger partial charge in [-0.1, -0.05) is 18.7 Å². The number of carbonyl (C=O) groups is 1. The monoisotopic (exact) mass is 203 g/mol. The summed E-state index contributed by atoms with van der Waals surface area (Å²) in [6.07, 6.45) is 1.05. The van der Waals surface area contributed by atoms with Gasteiger partial charge < -0.3 is 0 Å². The van der Waals surface area contributed by atoms with Crippen molar-refractivity contribution in [2.45, 2.75) is 26.3 Å². The van der Waals surface area contributed by atoms with E-state index in [1.165, 1.54) is 11.8 Å².